The fourth-order valence-electron chi connectivity index (χ4n) is 0.931. The lowest BCUT2D eigenvalue weighted by Gasteiger charge is -2.04. The number of carbonyl (C=O) groups is 1. The molecule has 0 unspecified atom stereocenters. The molecule has 0 atom stereocenters. The summed E-state index contributed by atoms with van der Waals surface area (Å²) in [6, 6.07) is 7.92. The average molecular weight is 225 g/mol. The first-order valence-corrected chi connectivity index (χ1v) is 5.70. The van der Waals surface area contributed by atoms with Gasteiger partial charge in [-0.2, -0.15) is 0 Å². The Hall–Kier alpha value is -1.16. The number of nitrogens with one attached hydrogen (secondary N) is 1. The molecule has 0 aliphatic carbocycles. The Bertz CT molecular complexity index is 311. The SMILES string of the molecule is CCCOC(=O)NSc1ccc(C)cc1. The number of aryl methyl sites for hydroxylation is 1. The predicted molar refractivity (Wildman–Crippen MR) is 61.8 cm³/mol. The van der Waals surface area contributed by atoms with Gasteiger partial charge in [-0.3, -0.25) is 4.72 Å². The van der Waals surface area contributed by atoms with Crippen LogP contribution in [-0.2, 0) is 4.74 Å². The van der Waals surface area contributed by atoms with Crippen LogP contribution < -0.4 is 4.72 Å². The minimum atomic E-state index is -0.387. The minimum absolute atomic E-state index is 0.387. The van der Waals surface area contributed by atoms with Crippen molar-refractivity contribution in [1.82, 2.24) is 4.72 Å². The molecule has 1 aromatic rings. The van der Waals surface area contributed by atoms with E-state index in [1.807, 2.05) is 38.1 Å². The predicted octanol–water partition coefficient (Wildman–Crippen LogP) is 3.14. The molecule has 82 valence electrons. The highest BCUT2D eigenvalue weighted by molar-refractivity contribution is 7.98. The van der Waals surface area contributed by atoms with Crippen molar-refractivity contribution in [1.29, 1.82) is 0 Å². The molecule has 0 saturated carbocycles. The maximum Gasteiger partial charge on any atom is 0.417 e. The minimum Gasteiger partial charge on any atom is -0.449 e. The van der Waals surface area contributed by atoms with Crippen molar-refractivity contribution in [2.45, 2.75) is 25.2 Å². The van der Waals surface area contributed by atoms with Crippen LogP contribution in [0.4, 0.5) is 4.79 Å². The normalized spacial score (nSPS) is 9.73. The second-order valence-corrected chi connectivity index (χ2v) is 4.03. The third-order valence-corrected chi connectivity index (χ3v) is 2.49. The zero-order chi connectivity index (χ0) is 11.1. The molecule has 0 aromatic heterocycles. The molecule has 0 aliphatic rings. The van der Waals surface area contributed by atoms with Crippen LogP contribution in [-0.4, -0.2) is 12.7 Å². The molecular formula is C11H15NO2S. The van der Waals surface area contributed by atoms with Crippen LogP contribution in [0, 0.1) is 6.92 Å². The lowest BCUT2D eigenvalue weighted by molar-refractivity contribution is 0.153. The fraction of sp³-hybridized carbons (Fsp3) is 0.364. The van der Waals surface area contributed by atoms with Gasteiger partial charge in [-0.25, -0.2) is 4.79 Å². The summed E-state index contributed by atoms with van der Waals surface area (Å²) in [5.74, 6) is 0. The van der Waals surface area contributed by atoms with E-state index in [4.69, 9.17) is 4.74 Å². The Morgan fingerprint density at radius 1 is 1.40 bits per heavy atom. The van der Waals surface area contributed by atoms with E-state index in [1.54, 1.807) is 0 Å². The highest BCUT2D eigenvalue weighted by Gasteiger charge is 2.01. The molecule has 1 rings (SSSR count). The second kappa shape index (κ2) is 6.35. The Balaban J connectivity index is 2.30. The van der Waals surface area contributed by atoms with Crippen molar-refractivity contribution < 1.29 is 9.53 Å². The number of amides is 1. The summed E-state index contributed by atoms with van der Waals surface area (Å²) in [4.78, 5) is 12.1. The quantitative estimate of drug-likeness (QED) is 0.800. The van der Waals surface area contributed by atoms with E-state index in [-0.39, 0.29) is 6.09 Å². The van der Waals surface area contributed by atoms with Gasteiger partial charge in [-0.15, -0.1) is 0 Å². The van der Waals surface area contributed by atoms with Crippen molar-refractivity contribution in [3.8, 4) is 0 Å². The van der Waals surface area contributed by atoms with E-state index < -0.39 is 0 Å². The zero-order valence-corrected chi connectivity index (χ0v) is 9.76. The van der Waals surface area contributed by atoms with Crippen LogP contribution >= 0.6 is 11.9 Å². The third kappa shape index (κ3) is 4.74. The van der Waals surface area contributed by atoms with Crippen LogP contribution in [0.5, 0.6) is 0 Å². The number of carbonyl (C=O) groups excluding carboxylic acids is 1. The van der Waals surface area contributed by atoms with Crippen LogP contribution in [0.15, 0.2) is 29.2 Å². The van der Waals surface area contributed by atoms with Gasteiger partial charge in [0.05, 0.1) is 6.61 Å². The van der Waals surface area contributed by atoms with Gasteiger partial charge >= 0.3 is 6.09 Å². The molecule has 0 bridgehead atoms. The molecule has 0 spiro atoms. The molecule has 3 nitrogen and oxygen atoms in total. The van der Waals surface area contributed by atoms with Crippen LogP contribution in [0.25, 0.3) is 0 Å². The molecule has 1 aromatic carbocycles. The molecule has 0 fully saturated rings. The highest BCUT2D eigenvalue weighted by atomic mass is 32.2. The first kappa shape index (κ1) is 11.9. The van der Waals surface area contributed by atoms with Crippen LogP contribution in [0.2, 0.25) is 0 Å². The Kier molecular flexibility index (Phi) is 5.04. The van der Waals surface area contributed by atoms with Crippen molar-refractivity contribution in [2.24, 2.45) is 0 Å². The third-order valence-electron chi connectivity index (χ3n) is 1.71. The molecule has 0 heterocycles. The summed E-state index contributed by atoms with van der Waals surface area (Å²) in [5.41, 5.74) is 1.20. The first-order valence-electron chi connectivity index (χ1n) is 4.88. The largest absolute Gasteiger partial charge is 0.449 e. The summed E-state index contributed by atoms with van der Waals surface area (Å²) in [7, 11) is 0. The summed E-state index contributed by atoms with van der Waals surface area (Å²) in [6.45, 7) is 4.44. The van der Waals surface area contributed by atoms with Gasteiger partial charge in [0.2, 0.25) is 0 Å². The number of hydrogen-bond acceptors (Lipinski definition) is 3. The van der Waals surface area contributed by atoms with Crippen LogP contribution in [0.3, 0.4) is 0 Å². The summed E-state index contributed by atoms with van der Waals surface area (Å²) < 4.78 is 7.47. The van der Waals surface area contributed by atoms with Gasteiger partial charge in [0.15, 0.2) is 0 Å². The molecule has 1 N–H and O–H groups in total. The smallest absolute Gasteiger partial charge is 0.417 e. The van der Waals surface area contributed by atoms with Gasteiger partial charge in [0, 0.05) is 4.90 Å². The Morgan fingerprint density at radius 2 is 2.07 bits per heavy atom. The highest BCUT2D eigenvalue weighted by Crippen LogP contribution is 2.14. The Labute approximate surface area is 94.3 Å². The van der Waals surface area contributed by atoms with Crippen molar-refractivity contribution in [2.75, 3.05) is 6.61 Å². The van der Waals surface area contributed by atoms with Crippen molar-refractivity contribution >= 4 is 18.0 Å². The summed E-state index contributed by atoms with van der Waals surface area (Å²) in [6.07, 6.45) is 0.449. The molecule has 1 amide bonds. The first-order chi connectivity index (χ1) is 7.22. The second-order valence-electron chi connectivity index (χ2n) is 3.15. The lowest BCUT2D eigenvalue weighted by Crippen LogP contribution is -2.17. The van der Waals surface area contributed by atoms with E-state index in [2.05, 4.69) is 4.72 Å². The molecule has 0 radical (unpaired) electrons. The standard InChI is InChI=1S/C11H15NO2S/c1-3-8-14-11(13)12-15-10-6-4-9(2)5-7-10/h4-7H,3,8H2,1-2H3,(H,12,13). The molecule has 4 heteroatoms. The summed E-state index contributed by atoms with van der Waals surface area (Å²) >= 11 is 1.26. The van der Waals surface area contributed by atoms with Gasteiger partial charge in [0.1, 0.15) is 0 Å². The lowest BCUT2D eigenvalue weighted by atomic mass is 10.2. The fourth-order valence-corrected chi connectivity index (χ4v) is 1.46. The maximum atomic E-state index is 11.1. The van der Waals surface area contributed by atoms with E-state index >= 15 is 0 Å². The monoisotopic (exact) mass is 225 g/mol. The average Bonchev–Trinajstić information content (AvgIpc) is 2.25. The molecule has 0 saturated heterocycles. The maximum absolute atomic E-state index is 11.1. The van der Waals surface area contributed by atoms with E-state index in [1.165, 1.54) is 17.5 Å². The number of hydrogen-bond donors (Lipinski definition) is 1. The van der Waals surface area contributed by atoms with Gasteiger partial charge in [-0.05, 0) is 37.4 Å². The van der Waals surface area contributed by atoms with Gasteiger partial charge < -0.3 is 4.74 Å². The van der Waals surface area contributed by atoms with E-state index in [0.717, 1.165) is 11.3 Å². The summed E-state index contributed by atoms with van der Waals surface area (Å²) in [5, 5.41) is 0. The van der Waals surface area contributed by atoms with Crippen molar-refractivity contribution in [3.63, 3.8) is 0 Å². The zero-order valence-electron chi connectivity index (χ0n) is 8.95. The van der Waals surface area contributed by atoms with Gasteiger partial charge in [0.25, 0.3) is 0 Å². The van der Waals surface area contributed by atoms with Gasteiger partial charge in [-0.1, -0.05) is 24.6 Å². The van der Waals surface area contributed by atoms with Crippen LogP contribution in [0.1, 0.15) is 18.9 Å². The number of rotatable bonds is 4. The van der Waals surface area contributed by atoms with Crippen molar-refractivity contribution in [3.05, 3.63) is 29.8 Å². The Morgan fingerprint density at radius 3 is 2.67 bits per heavy atom. The number of ether oxygens (including phenoxy) is 1. The number of benzene rings is 1. The van der Waals surface area contributed by atoms with E-state index in [9.17, 15) is 4.79 Å². The topological polar surface area (TPSA) is 38.3 Å². The van der Waals surface area contributed by atoms with E-state index in [0.29, 0.717) is 6.61 Å². The molecule has 15 heavy (non-hydrogen) atoms. The molecular weight excluding hydrogens is 210 g/mol. The molecule has 0 aliphatic heterocycles.